The van der Waals surface area contributed by atoms with Crippen molar-refractivity contribution in [1.82, 2.24) is 19.7 Å². The molecule has 1 aliphatic carbocycles. The summed E-state index contributed by atoms with van der Waals surface area (Å²) < 4.78 is 40.6. The highest BCUT2D eigenvalue weighted by molar-refractivity contribution is 5.55. The van der Waals surface area contributed by atoms with Crippen molar-refractivity contribution in [3.05, 3.63) is 34.5 Å². The molecular formula is C17H17F3N6. The number of hydrogen-bond donors (Lipinski definition) is 1. The summed E-state index contributed by atoms with van der Waals surface area (Å²) in [7, 11) is 0. The van der Waals surface area contributed by atoms with Gasteiger partial charge in [0.2, 0.25) is 0 Å². The van der Waals surface area contributed by atoms with E-state index in [4.69, 9.17) is 0 Å². The van der Waals surface area contributed by atoms with Crippen molar-refractivity contribution in [1.29, 1.82) is 5.26 Å². The van der Waals surface area contributed by atoms with E-state index in [1.165, 1.54) is 4.57 Å². The summed E-state index contributed by atoms with van der Waals surface area (Å²) in [5, 5.41) is 20.4. The minimum atomic E-state index is -4.22. The lowest BCUT2D eigenvalue weighted by Crippen LogP contribution is -2.33. The molecule has 2 aromatic heterocycles. The van der Waals surface area contributed by atoms with Crippen LogP contribution in [0.4, 0.5) is 19.0 Å². The monoisotopic (exact) mass is 362 g/mol. The smallest absolute Gasteiger partial charge is 0.362 e. The molecule has 1 aliphatic heterocycles. The molecule has 1 atom stereocenters. The van der Waals surface area contributed by atoms with Crippen LogP contribution < -0.4 is 5.32 Å². The quantitative estimate of drug-likeness (QED) is 0.908. The SMILES string of the molecule is N#Cc1cc2c(nc1NCc1nnc3n1C[C@@H](C(F)(F)F)CC3)CCC2. The fourth-order valence-corrected chi connectivity index (χ4v) is 3.64. The number of aromatic nitrogens is 4. The molecule has 6 nitrogen and oxygen atoms in total. The van der Waals surface area contributed by atoms with Gasteiger partial charge in [-0.1, -0.05) is 0 Å². The van der Waals surface area contributed by atoms with Gasteiger partial charge in [-0.15, -0.1) is 10.2 Å². The Kier molecular flexibility index (Phi) is 4.05. The maximum atomic E-state index is 13.0. The summed E-state index contributed by atoms with van der Waals surface area (Å²) >= 11 is 0. The zero-order chi connectivity index (χ0) is 18.3. The van der Waals surface area contributed by atoms with Crippen molar-refractivity contribution in [3.63, 3.8) is 0 Å². The third-order valence-electron chi connectivity index (χ3n) is 5.07. The molecule has 26 heavy (non-hydrogen) atoms. The minimum Gasteiger partial charge on any atom is -0.362 e. The van der Waals surface area contributed by atoms with Crippen LogP contribution in [0.2, 0.25) is 0 Å². The van der Waals surface area contributed by atoms with Gasteiger partial charge in [0.1, 0.15) is 17.7 Å². The lowest BCUT2D eigenvalue weighted by molar-refractivity contribution is -0.182. The van der Waals surface area contributed by atoms with Crippen LogP contribution in [-0.2, 0) is 32.4 Å². The molecule has 2 aliphatic rings. The second kappa shape index (κ2) is 6.27. The fourth-order valence-electron chi connectivity index (χ4n) is 3.64. The predicted octanol–water partition coefficient (Wildman–Crippen LogP) is 2.77. The van der Waals surface area contributed by atoms with E-state index in [1.54, 1.807) is 0 Å². The summed E-state index contributed by atoms with van der Waals surface area (Å²) in [5.74, 6) is 0.0797. The fraction of sp³-hybridized carbons (Fsp3) is 0.529. The summed E-state index contributed by atoms with van der Waals surface area (Å²) in [6.07, 6.45) is -1.09. The van der Waals surface area contributed by atoms with Crippen LogP contribution in [0.3, 0.4) is 0 Å². The first-order valence-electron chi connectivity index (χ1n) is 8.60. The number of nitriles is 1. The van der Waals surface area contributed by atoms with E-state index in [0.29, 0.717) is 23.0 Å². The van der Waals surface area contributed by atoms with Crippen LogP contribution in [-0.4, -0.2) is 25.9 Å². The van der Waals surface area contributed by atoms with Crippen molar-refractivity contribution < 1.29 is 13.2 Å². The Bertz CT molecular complexity index is 880. The van der Waals surface area contributed by atoms with Crippen molar-refractivity contribution in [2.75, 3.05) is 5.32 Å². The van der Waals surface area contributed by atoms with E-state index in [9.17, 15) is 18.4 Å². The van der Waals surface area contributed by atoms with Gasteiger partial charge in [0, 0.05) is 18.7 Å². The Morgan fingerprint density at radius 3 is 2.88 bits per heavy atom. The third-order valence-corrected chi connectivity index (χ3v) is 5.07. The van der Waals surface area contributed by atoms with Gasteiger partial charge in [-0.2, -0.15) is 18.4 Å². The molecule has 3 heterocycles. The average Bonchev–Trinajstić information content (AvgIpc) is 3.23. The third kappa shape index (κ3) is 3.00. The largest absolute Gasteiger partial charge is 0.393 e. The number of rotatable bonds is 3. The molecule has 0 aromatic carbocycles. The first-order valence-corrected chi connectivity index (χ1v) is 8.60. The van der Waals surface area contributed by atoms with Crippen LogP contribution in [0.15, 0.2) is 6.07 Å². The van der Waals surface area contributed by atoms with Crippen LogP contribution >= 0.6 is 0 Å². The molecule has 0 saturated carbocycles. The minimum absolute atomic E-state index is 0.0417. The Hall–Kier alpha value is -2.63. The lowest BCUT2D eigenvalue weighted by atomic mass is 9.99. The molecule has 0 spiro atoms. The molecule has 0 saturated heterocycles. The number of fused-ring (bicyclic) bond motifs is 2. The van der Waals surface area contributed by atoms with Gasteiger partial charge >= 0.3 is 6.18 Å². The number of pyridine rings is 1. The van der Waals surface area contributed by atoms with Crippen LogP contribution in [0.1, 0.15) is 41.3 Å². The van der Waals surface area contributed by atoms with Crippen molar-refractivity contribution >= 4 is 5.82 Å². The van der Waals surface area contributed by atoms with Gasteiger partial charge in [0.25, 0.3) is 0 Å². The number of nitrogens with zero attached hydrogens (tertiary/aromatic N) is 5. The molecule has 0 amide bonds. The lowest BCUT2D eigenvalue weighted by Gasteiger charge is -2.26. The molecule has 0 unspecified atom stereocenters. The molecular weight excluding hydrogens is 345 g/mol. The molecule has 4 rings (SSSR count). The Morgan fingerprint density at radius 1 is 1.27 bits per heavy atom. The standard InChI is InChI=1S/C17H17F3N6/c18-17(19,20)12-4-5-14-24-25-15(26(14)9-12)8-22-16-11(7-21)6-10-2-1-3-13(10)23-16/h6,12H,1-5,8-9H2,(H,22,23)/t12-/m0/s1. The first kappa shape index (κ1) is 16.8. The topological polar surface area (TPSA) is 79.4 Å². The Labute approximate surface area is 148 Å². The van der Waals surface area contributed by atoms with E-state index in [-0.39, 0.29) is 25.9 Å². The zero-order valence-electron chi connectivity index (χ0n) is 14.0. The predicted molar refractivity (Wildman–Crippen MR) is 86.2 cm³/mol. The van der Waals surface area contributed by atoms with E-state index in [0.717, 1.165) is 30.5 Å². The van der Waals surface area contributed by atoms with Gasteiger partial charge in [-0.3, -0.25) is 0 Å². The maximum absolute atomic E-state index is 13.0. The number of alkyl halides is 3. The number of aryl methyl sites for hydroxylation is 3. The van der Waals surface area contributed by atoms with E-state index >= 15 is 0 Å². The molecule has 0 radical (unpaired) electrons. The Morgan fingerprint density at radius 2 is 2.12 bits per heavy atom. The van der Waals surface area contributed by atoms with Gasteiger partial charge < -0.3 is 9.88 Å². The van der Waals surface area contributed by atoms with Crippen molar-refractivity contribution in [2.45, 2.75) is 51.4 Å². The first-order chi connectivity index (χ1) is 12.5. The van der Waals surface area contributed by atoms with Crippen LogP contribution in [0.5, 0.6) is 0 Å². The number of anilines is 1. The molecule has 136 valence electrons. The van der Waals surface area contributed by atoms with Gasteiger partial charge in [-0.05, 0) is 37.3 Å². The van der Waals surface area contributed by atoms with E-state index in [2.05, 4.69) is 26.6 Å². The normalized spacial score (nSPS) is 18.9. The second-order valence-corrected chi connectivity index (χ2v) is 6.73. The molecule has 9 heteroatoms. The number of hydrogen-bond acceptors (Lipinski definition) is 5. The summed E-state index contributed by atoms with van der Waals surface area (Å²) in [4.78, 5) is 4.52. The van der Waals surface area contributed by atoms with Crippen molar-refractivity contribution in [2.24, 2.45) is 5.92 Å². The van der Waals surface area contributed by atoms with Gasteiger partial charge in [0.05, 0.1) is 18.0 Å². The average molecular weight is 362 g/mol. The maximum Gasteiger partial charge on any atom is 0.393 e. The highest BCUT2D eigenvalue weighted by Crippen LogP contribution is 2.34. The number of nitrogens with one attached hydrogen (secondary N) is 1. The highest BCUT2D eigenvalue weighted by atomic mass is 19.4. The highest BCUT2D eigenvalue weighted by Gasteiger charge is 2.42. The second-order valence-electron chi connectivity index (χ2n) is 6.73. The Balaban J connectivity index is 1.54. The molecule has 2 aromatic rings. The summed E-state index contributed by atoms with van der Waals surface area (Å²) in [6, 6.07) is 3.97. The zero-order valence-corrected chi connectivity index (χ0v) is 14.0. The molecule has 0 fully saturated rings. The van der Waals surface area contributed by atoms with Crippen LogP contribution in [0.25, 0.3) is 0 Å². The van der Waals surface area contributed by atoms with Crippen molar-refractivity contribution in [3.8, 4) is 6.07 Å². The van der Waals surface area contributed by atoms with Gasteiger partial charge in [0.15, 0.2) is 5.82 Å². The molecule has 1 N–H and O–H groups in total. The van der Waals surface area contributed by atoms with E-state index in [1.807, 2.05) is 6.07 Å². The molecule has 0 bridgehead atoms. The summed E-state index contributed by atoms with van der Waals surface area (Å²) in [6.45, 7) is 0.0175. The summed E-state index contributed by atoms with van der Waals surface area (Å²) in [5.41, 5.74) is 2.52. The van der Waals surface area contributed by atoms with Crippen LogP contribution in [0, 0.1) is 17.2 Å². The van der Waals surface area contributed by atoms with E-state index < -0.39 is 12.1 Å². The number of halogens is 3. The van der Waals surface area contributed by atoms with Gasteiger partial charge in [-0.25, -0.2) is 4.98 Å².